The molecule has 2 aliphatic rings. The molecule has 3 rings (SSSR count). The van der Waals surface area contributed by atoms with Crippen molar-refractivity contribution in [1.29, 1.82) is 0 Å². The van der Waals surface area contributed by atoms with Gasteiger partial charge in [-0.05, 0) is 18.6 Å². The molecule has 2 heterocycles. The zero-order valence-corrected chi connectivity index (χ0v) is 10.0. The number of likely N-dealkylation sites (tertiary alicyclic amines) is 1. The van der Waals surface area contributed by atoms with E-state index in [1.165, 1.54) is 0 Å². The molecular weight excluding hydrogens is 232 g/mol. The summed E-state index contributed by atoms with van der Waals surface area (Å²) in [6.07, 6.45) is 5.43. The Morgan fingerprint density at radius 3 is 3.06 bits per heavy atom. The number of pyridine rings is 1. The fourth-order valence-corrected chi connectivity index (χ4v) is 3.04. The summed E-state index contributed by atoms with van der Waals surface area (Å²) in [5.41, 5.74) is 0. The lowest BCUT2D eigenvalue weighted by Gasteiger charge is -2.31. The van der Waals surface area contributed by atoms with Gasteiger partial charge in [0.1, 0.15) is 18.5 Å². The highest BCUT2D eigenvalue weighted by molar-refractivity contribution is 5.78. The van der Waals surface area contributed by atoms with Crippen molar-refractivity contribution in [2.24, 2.45) is 5.92 Å². The van der Waals surface area contributed by atoms with Gasteiger partial charge in [0, 0.05) is 31.1 Å². The molecule has 1 aromatic rings. The largest absolute Gasteiger partial charge is 0.488 e. The molecule has 5 nitrogen and oxygen atoms in total. The zero-order valence-electron chi connectivity index (χ0n) is 10.0. The van der Waals surface area contributed by atoms with Gasteiger partial charge in [0.05, 0.1) is 6.20 Å². The van der Waals surface area contributed by atoms with Gasteiger partial charge >= 0.3 is 0 Å². The van der Waals surface area contributed by atoms with Crippen LogP contribution < -0.4 is 4.74 Å². The van der Waals surface area contributed by atoms with Crippen molar-refractivity contribution in [3.8, 4) is 5.75 Å². The second-order valence-corrected chi connectivity index (χ2v) is 4.93. The van der Waals surface area contributed by atoms with Gasteiger partial charge in [-0.2, -0.15) is 0 Å². The van der Waals surface area contributed by atoms with Crippen LogP contribution in [0.2, 0.25) is 0 Å². The summed E-state index contributed by atoms with van der Waals surface area (Å²) in [4.78, 5) is 17.3. The van der Waals surface area contributed by atoms with Gasteiger partial charge in [0.25, 0.3) is 0 Å². The summed E-state index contributed by atoms with van der Waals surface area (Å²) in [6, 6.07) is 3.98. The molecule has 3 atom stereocenters. The standard InChI is InChI=1S/C13H16N2O3/c16-8-13(17)15-7-9-4-10(15)5-12(9)18-11-2-1-3-14-6-11/h1-3,6,9-10,12,16H,4-5,7-8H2/t9-,10+,12-/m1/s1. The van der Waals surface area contributed by atoms with Gasteiger partial charge < -0.3 is 14.7 Å². The topological polar surface area (TPSA) is 62.7 Å². The summed E-state index contributed by atoms with van der Waals surface area (Å²) >= 11 is 0. The third-order valence-electron chi connectivity index (χ3n) is 3.85. The molecular formula is C13H16N2O3. The summed E-state index contributed by atoms with van der Waals surface area (Å²) in [5.74, 6) is 1.00. The summed E-state index contributed by atoms with van der Waals surface area (Å²) < 4.78 is 5.91. The molecule has 2 bridgehead atoms. The average molecular weight is 248 g/mol. The van der Waals surface area contributed by atoms with Crippen molar-refractivity contribution in [2.75, 3.05) is 13.2 Å². The third kappa shape index (κ3) is 1.95. The van der Waals surface area contributed by atoms with Crippen molar-refractivity contribution < 1.29 is 14.6 Å². The van der Waals surface area contributed by atoms with E-state index >= 15 is 0 Å². The number of aliphatic hydroxyl groups is 1. The normalized spacial score (nSPS) is 29.6. The van der Waals surface area contributed by atoms with E-state index in [-0.39, 0.29) is 18.1 Å². The Morgan fingerprint density at radius 1 is 1.56 bits per heavy atom. The van der Waals surface area contributed by atoms with Gasteiger partial charge in [-0.15, -0.1) is 0 Å². The number of aliphatic hydroxyl groups excluding tert-OH is 1. The molecule has 0 radical (unpaired) electrons. The minimum atomic E-state index is -0.392. The first kappa shape index (κ1) is 11.5. The van der Waals surface area contributed by atoms with Gasteiger partial charge in [0.15, 0.2) is 0 Å². The highest BCUT2D eigenvalue weighted by Crippen LogP contribution is 2.39. The Morgan fingerprint density at radius 2 is 2.44 bits per heavy atom. The molecule has 0 unspecified atom stereocenters. The summed E-state index contributed by atoms with van der Waals surface area (Å²) in [6.45, 7) is 0.312. The minimum absolute atomic E-state index is 0.165. The lowest BCUT2D eigenvalue weighted by Crippen LogP contribution is -2.44. The maximum absolute atomic E-state index is 11.5. The summed E-state index contributed by atoms with van der Waals surface area (Å²) in [5, 5.41) is 8.89. The van der Waals surface area contributed by atoms with E-state index in [2.05, 4.69) is 4.98 Å². The van der Waals surface area contributed by atoms with Crippen LogP contribution in [0.5, 0.6) is 5.75 Å². The Hall–Kier alpha value is -1.62. The van der Waals surface area contributed by atoms with Crippen molar-refractivity contribution in [3.63, 3.8) is 0 Å². The van der Waals surface area contributed by atoms with E-state index < -0.39 is 6.61 Å². The Balaban J connectivity index is 1.62. The quantitative estimate of drug-likeness (QED) is 0.843. The van der Waals surface area contributed by atoms with E-state index in [4.69, 9.17) is 9.84 Å². The van der Waals surface area contributed by atoms with Crippen molar-refractivity contribution in [1.82, 2.24) is 9.88 Å². The number of carbonyl (C=O) groups excluding carboxylic acids is 1. The van der Waals surface area contributed by atoms with Crippen molar-refractivity contribution >= 4 is 5.91 Å². The molecule has 5 heteroatoms. The Kier molecular flexibility index (Phi) is 2.91. The van der Waals surface area contributed by atoms with Gasteiger partial charge in [0.2, 0.25) is 5.91 Å². The van der Waals surface area contributed by atoms with Gasteiger partial charge in [-0.3, -0.25) is 9.78 Å². The van der Waals surface area contributed by atoms with E-state index in [0.29, 0.717) is 12.5 Å². The van der Waals surface area contributed by atoms with Crippen LogP contribution in [0.25, 0.3) is 0 Å². The number of piperidine rings is 1. The van der Waals surface area contributed by atoms with Crippen LogP contribution >= 0.6 is 0 Å². The van der Waals surface area contributed by atoms with Gasteiger partial charge in [-0.25, -0.2) is 0 Å². The number of nitrogens with zero attached hydrogens (tertiary/aromatic N) is 2. The molecule has 1 saturated heterocycles. The van der Waals surface area contributed by atoms with E-state index in [0.717, 1.165) is 18.6 Å². The first-order chi connectivity index (χ1) is 8.78. The number of aromatic nitrogens is 1. The first-order valence-corrected chi connectivity index (χ1v) is 6.25. The molecule has 18 heavy (non-hydrogen) atoms. The highest BCUT2D eigenvalue weighted by atomic mass is 16.5. The number of fused-ring (bicyclic) bond motifs is 2. The maximum Gasteiger partial charge on any atom is 0.248 e. The maximum atomic E-state index is 11.5. The van der Waals surface area contributed by atoms with Crippen LogP contribution in [-0.2, 0) is 4.79 Å². The molecule has 1 aliphatic heterocycles. The van der Waals surface area contributed by atoms with Crippen LogP contribution in [0.1, 0.15) is 12.8 Å². The number of amides is 1. The molecule has 1 saturated carbocycles. The van der Waals surface area contributed by atoms with E-state index in [1.807, 2.05) is 12.1 Å². The van der Waals surface area contributed by atoms with E-state index in [1.54, 1.807) is 17.3 Å². The van der Waals surface area contributed by atoms with Crippen molar-refractivity contribution in [3.05, 3.63) is 24.5 Å². The predicted molar refractivity (Wildman–Crippen MR) is 64.0 cm³/mol. The Labute approximate surface area is 105 Å². The van der Waals surface area contributed by atoms with Crippen LogP contribution in [0.3, 0.4) is 0 Å². The molecule has 1 N–H and O–H groups in total. The highest BCUT2D eigenvalue weighted by Gasteiger charge is 2.47. The third-order valence-corrected chi connectivity index (χ3v) is 3.85. The van der Waals surface area contributed by atoms with Crippen LogP contribution in [0.4, 0.5) is 0 Å². The molecule has 0 aromatic carbocycles. The second kappa shape index (κ2) is 4.57. The van der Waals surface area contributed by atoms with Crippen LogP contribution in [0, 0.1) is 5.92 Å². The minimum Gasteiger partial charge on any atom is -0.488 e. The van der Waals surface area contributed by atoms with Crippen LogP contribution in [-0.4, -0.2) is 46.2 Å². The number of ether oxygens (including phenoxy) is 1. The second-order valence-electron chi connectivity index (χ2n) is 4.93. The Bertz CT molecular complexity index is 437. The zero-order chi connectivity index (χ0) is 12.5. The molecule has 1 aliphatic carbocycles. The number of carbonyl (C=O) groups is 1. The smallest absolute Gasteiger partial charge is 0.248 e. The fourth-order valence-electron chi connectivity index (χ4n) is 3.04. The first-order valence-electron chi connectivity index (χ1n) is 6.25. The molecule has 1 amide bonds. The summed E-state index contributed by atoms with van der Waals surface area (Å²) in [7, 11) is 0. The monoisotopic (exact) mass is 248 g/mol. The lowest BCUT2D eigenvalue weighted by molar-refractivity contribution is -0.136. The van der Waals surface area contributed by atoms with Crippen molar-refractivity contribution in [2.45, 2.75) is 25.0 Å². The predicted octanol–water partition coefficient (Wildman–Crippen LogP) is 0.442. The number of hydrogen-bond donors (Lipinski definition) is 1. The molecule has 2 fully saturated rings. The number of rotatable bonds is 3. The molecule has 0 spiro atoms. The van der Waals surface area contributed by atoms with Crippen LogP contribution in [0.15, 0.2) is 24.5 Å². The lowest BCUT2D eigenvalue weighted by atomic mass is 10.1. The molecule has 96 valence electrons. The number of hydrogen-bond acceptors (Lipinski definition) is 4. The SMILES string of the molecule is O=C(CO)N1C[C@H]2C[C@H]1C[C@H]2Oc1cccnc1. The molecule has 1 aromatic heterocycles. The average Bonchev–Trinajstić information content (AvgIpc) is 2.98. The fraction of sp³-hybridized carbons (Fsp3) is 0.538. The van der Waals surface area contributed by atoms with E-state index in [9.17, 15) is 4.79 Å². The van der Waals surface area contributed by atoms with Gasteiger partial charge in [-0.1, -0.05) is 0 Å².